The average molecular weight is 284 g/mol. The first-order chi connectivity index (χ1) is 9.24. The molecule has 0 aromatic carbocycles. The highest BCUT2D eigenvalue weighted by Gasteiger charge is 2.25. The fourth-order valence-electron chi connectivity index (χ4n) is 3.05. The van der Waals surface area contributed by atoms with E-state index in [0.29, 0.717) is 0 Å². The van der Waals surface area contributed by atoms with Crippen LogP contribution in [0.3, 0.4) is 0 Å². The maximum absolute atomic E-state index is 2.77. The lowest BCUT2D eigenvalue weighted by Crippen LogP contribution is -2.32. The Kier molecular flexibility index (Phi) is 13.4. The van der Waals surface area contributed by atoms with Gasteiger partial charge in [-0.2, -0.15) is 0 Å². The Balaban J connectivity index is 3.35. The molecule has 0 aliphatic rings. The number of hydrogen-bond acceptors (Lipinski definition) is 0. The lowest BCUT2D eigenvalue weighted by molar-refractivity contribution is 0.565. The molecule has 0 amide bonds. The molecule has 115 valence electrons. The van der Waals surface area contributed by atoms with Crippen LogP contribution in [0.25, 0.3) is 0 Å². The van der Waals surface area contributed by atoms with E-state index in [1.54, 1.807) is 0 Å². The van der Waals surface area contributed by atoms with Crippen LogP contribution in [0.15, 0.2) is 0 Å². The normalized spacial score (nSPS) is 12.0. The fourth-order valence-corrected chi connectivity index (χ4v) is 6.23. The summed E-state index contributed by atoms with van der Waals surface area (Å²) in [5.41, 5.74) is 0. The zero-order valence-corrected chi connectivity index (χ0v) is 15.3. The standard InChI is InChI=1S/C18H39Si/c1-5-9-10-11-12-13-14-15-16-17-18-19(6-2,7-3)8-4/h18H,5-17H2,1-4H3. The highest BCUT2D eigenvalue weighted by molar-refractivity contribution is 6.82. The van der Waals surface area contributed by atoms with Crippen LogP contribution in [-0.2, 0) is 0 Å². The van der Waals surface area contributed by atoms with Crippen LogP contribution < -0.4 is 0 Å². The predicted octanol–water partition coefficient (Wildman–Crippen LogP) is 7.16. The van der Waals surface area contributed by atoms with Gasteiger partial charge in [0.1, 0.15) is 0 Å². The lowest BCUT2D eigenvalue weighted by Gasteiger charge is -2.27. The predicted molar refractivity (Wildman–Crippen MR) is 93.3 cm³/mol. The molecule has 0 spiro atoms. The topological polar surface area (TPSA) is 0 Å². The van der Waals surface area contributed by atoms with Crippen LogP contribution in [-0.4, -0.2) is 8.07 Å². The molecule has 0 unspecified atom stereocenters. The van der Waals surface area contributed by atoms with Crippen LogP contribution in [0.1, 0.15) is 91.9 Å². The van der Waals surface area contributed by atoms with Crippen molar-refractivity contribution in [1.82, 2.24) is 0 Å². The van der Waals surface area contributed by atoms with Crippen molar-refractivity contribution in [3.05, 3.63) is 6.04 Å². The van der Waals surface area contributed by atoms with Gasteiger partial charge in [0.2, 0.25) is 0 Å². The van der Waals surface area contributed by atoms with Gasteiger partial charge >= 0.3 is 0 Å². The van der Waals surface area contributed by atoms with Crippen molar-refractivity contribution in [2.24, 2.45) is 0 Å². The maximum atomic E-state index is 2.77. The second-order valence-corrected chi connectivity index (χ2v) is 11.5. The van der Waals surface area contributed by atoms with E-state index < -0.39 is 8.07 Å². The Labute approximate surface area is 124 Å². The van der Waals surface area contributed by atoms with E-state index in [2.05, 4.69) is 33.7 Å². The van der Waals surface area contributed by atoms with Crippen molar-refractivity contribution in [3.63, 3.8) is 0 Å². The first kappa shape index (κ1) is 19.2. The molecule has 0 aliphatic heterocycles. The third-order valence-electron chi connectivity index (χ3n) is 5.00. The van der Waals surface area contributed by atoms with Crippen molar-refractivity contribution < 1.29 is 0 Å². The van der Waals surface area contributed by atoms with Gasteiger partial charge in [-0.25, -0.2) is 0 Å². The van der Waals surface area contributed by atoms with Gasteiger partial charge in [0.25, 0.3) is 0 Å². The Hall–Kier alpha value is 0.217. The monoisotopic (exact) mass is 283 g/mol. The van der Waals surface area contributed by atoms with Gasteiger partial charge in [-0.15, -0.1) is 0 Å². The Morgan fingerprint density at radius 3 is 1.42 bits per heavy atom. The zero-order valence-electron chi connectivity index (χ0n) is 14.3. The van der Waals surface area contributed by atoms with Crippen molar-refractivity contribution in [1.29, 1.82) is 0 Å². The smallest absolute Gasteiger partial charge is 0.0558 e. The summed E-state index contributed by atoms with van der Waals surface area (Å²) in [5.74, 6) is 0. The molecule has 0 aliphatic carbocycles. The number of rotatable bonds is 14. The average Bonchev–Trinajstić information content (AvgIpc) is 2.46. The van der Waals surface area contributed by atoms with Crippen molar-refractivity contribution in [2.75, 3.05) is 0 Å². The van der Waals surface area contributed by atoms with E-state index in [-0.39, 0.29) is 0 Å². The van der Waals surface area contributed by atoms with E-state index in [1.165, 1.54) is 82.3 Å². The summed E-state index contributed by atoms with van der Waals surface area (Å²) in [5, 5.41) is 0. The summed E-state index contributed by atoms with van der Waals surface area (Å²) in [4.78, 5) is 0. The largest absolute Gasteiger partial charge is 0.0678 e. The SMILES string of the molecule is CCCCCCCCCCC[CH][Si](CC)(CC)CC. The molecule has 0 saturated carbocycles. The molecule has 0 N–H and O–H groups in total. The molecule has 1 heteroatoms. The Morgan fingerprint density at radius 2 is 1.00 bits per heavy atom. The van der Waals surface area contributed by atoms with Crippen molar-refractivity contribution in [3.8, 4) is 0 Å². The summed E-state index contributed by atoms with van der Waals surface area (Å²) in [6, 6.07) is 7.14. The molecule has 1 radical (unpaired) electrons. The molecule has 0 heterocycles. The number of unbranched alkanes of at least 4 members (excludes halogenated alkanes) is 9. The summed E-state index contributed by atoms with van der Waals surface area (Å²) in [6.45, 7) is 9.52. The van der Waals surface area contributed by atoms with Gasteiger partial charge in [0.15, 0.2) is 0 Å². The minimum Gasteiger partial charge on any atom is -0.0678 e. The van der Waals surface area contributed by atoms with E-state index in [9.17, 15) is 0 Å². The first-order valence-corrected chi connectivity index (χ1v) is 11.8. The quantitative estimate of drug-likeness (QED) is 0.234. The van der Waals surface area contributed by atoms with E-state index >= 15 is 0 Å². The highest BCUT2D eigenvalue weighted by atomic mass is 28.3. The highest BCUT2D eigenvalue weighted by Crippen LogP contribution is 2.25. The molecule has 0 atom stereocenters. The third kappa shape index (κ3) is 9.71. The second kappa shape index (κ2) is 13.2. The van der Waals surface area contributed by atoms with Gasteiger partial charge in [0, 0.05) is 0 Å². The summed E-state index contributed by atoms with van der Waals surface area (Å²) < 4.78 is 0. The lowest BCUT2D eigenvalue weighted by atomic mass is 10.1. The molecule has 0 rings (SSSR count). The molecule has 19 heavy (non-hydrogen) atoms. The van der Waals surface area contributed by atoms with E-state index in [1.807, 2.05) is 0 Å². The van der Waals surface area contributed by atoms with Gasteiger partial charge < -0.3 is 0 Å². The first-order valence-electron chi connectivity index (χ1n) is 9.09. The van der Waals surface area contributed by atoms with Crippen LogP contribution in [0.5, 0.6) is 0 Å². The zero-order chi connectivity index (χ0) is 14.4. The van der Waals surface area contributed by atoms with Gasteiger partial charge in [-0.3, -0.25) is 0 Å². The Bertz CT molecular complexity index is 164. The third-order valence-corrected chi connectivity index (χ3v) is 10.4. The molecule has 0 aromatic heterocycles. The van der Waals surface area contributed by atoms with Gasteiger partial charge in [-0.1, -0.05) is 110 Å². The minimum atomic E-state index is -0.933. The number of hydrogen-bond donors (Lipinski definition) is 0. The molecule has 0 fully saturated rings. The van der Waals surface area contributed by atoms with Crippen LogP contribution in [0.4, 0.5) is 0 Å². The molecule has 0 aromatic rings. The fraction of sp³-hybridized carbons (Fsp3) is 0.944. The minimum absolute atomic E-state index is 0.933. The summed E-state index contributed by atoms with van der Waals surface area (Å²) in [6.07, 6.45) is 14.5. The maximum Gasteiger partial charge on any atom is 0.0558 e. The molecule has 0 bridgehead atoms. The molecular formula is C18H39Si. The van der Waals surface area contributed by atoms with Crippen LogP contribution >= 0.6 is 0 Å². The molecular weight excluding hydrogens is 244 g/mol. The summed E-state index contributed by atoms with van der Waals surface area (Å²) >= 11 is 0. The van der Waals surface area contributed by atoms with Crippen LogP contribution in [0, 0.1) is 6.04 Å². The van der Waals surface area contributed by atoms with E-state index in [0.717, 1.165) is 0 Å². The van der Waals surface area contributed by atoms with Gasteiger partial charge in [-0.05, 0) is 6.04 Å². The van der Waals surface area contributed by atoms with Gasteiger partial charge in [0.05, 0.1) is 8.07 Å². The second-order valence-electron chi connectivity index (χ2n) is 6.24. The van der Waals surface area contributed by atoms with Crippen molar-refractivity contribution >= 4 is 8.07 Å². The Morgan fingerprint density at radius 1 is 0.579 bits per heavy atom. The van der Waals surface area contributed by atoms with E-state index in [4.69, 9.17) is 0 Å². The van der Waals surface area contributed by atoms with Crippen LogP contribution in [0.2, 0.25) is 18.1 Å². The summed E-state index contributed by atoms with van der Waals surface area (Å²) in [7, 11) is -0.933. The molecule has 0 nitrogen and oxygen atoms in total. The van der Waals surface area contributed by atoms with Crippen molar-refractivity contribution in [2.45, 2.75) is 110 Å². The molecule has 0 saturated heterocycles.